The van der Waals surface area contributed by atoms with Crippen LogP contribution in [0.5, 0.6) is 0 Å². The number of rotatable bonds is 4. The number of piperidine rings is 1. The summed E-state index contributed by atoms with van der Waals surface area (Å²) in [6.45, 7) is 7.95. The molecule has 9 heteroatoms. The molecule has 43 heavy (non-hydrogen) atoms. The van der Waals surface area contributed by atoms with Gasteiger partial charge in [-0.05, 0) is 63.1 Å². The molecule has 0 spiro atoms. The number of nitrogens with zero attached hydrogens (tertiary/aromatic N) is 4. The number of ketones is 2. The van der Waals surface area contributed by atoms with Crippen LogP contribution in [-0.2, 0) is 27.3 Å². The molecule has 2 aromatic heterocycles. The first kappa shape index (κ1) is 29.2. The first-order valence-electron chi connectivity index (χ1n) is 15.7. The van der Waals surface area contributed by atoms with Gasteiger partial charge in [0.25, 0.3) is 0 Å². The average Bonchev–Trinajstić information content (AvgIpc) is 3.39. The summed E-state index contributed by atoms with van der Waals surface area (Å²) in [4.78, 5) is 63.8. The highest BCUT2D eigenvalue weighted by Crippen LogP contribution is 2.59. The minimum atomic E-state index is -0.480. The van der Waals surface area contributed by atoms with E-state index in [-0.39, 0.29) is 47.3 Å². The molecule has 9 nitrogen and oxygen atoms in total. The average molecular weight is 584 g/mol. The van der Waals surface area contributed by atoms with Crippen LogP contribution in [0.25, 0.3) is 22.2 Å². The van der Waals surface area contributed by atoms with Crippen LogP contribution in [0, 0.1) is 18.3 Å². The van der Waals surface area contributed by atoms with Crippen molar-refractivity contribution in [3.63, 3.8) is 0 Å². The van der Waals surface area contributed by atoms with E-state index in [9.17, 15) is 19.2 Å². The van der Waals surface area contributed by atoms with Crippen molar-refractivity contribution in [1.29, 1.82) is 0 Å². The van der Waals surface area contributed by atoms with Crippen LogP contribution >= 0.6 is 0 Å². The molecule has 2 fully saturated rings. The number of benzene rings is 1. The number of aromatic nitrogens is 3. The summed E-state index contributed by atoms with van der Waals surface area (Å²) >= 11 is 0. The van der Waals surface area contributed by atoms with Crippen molar-refractivity contribution >= 4 is 34.3 Å². The highest BCUT2D eigenvalue weighted by molar-refractivity contribution is 6.09. The van der Waals surface area contributed by atoms with Crippen molar-refractivity contribution in [3.8, 4) is 11.3 Å². The van der Waals surface area contributed by atoms with E-state index in [0.717, 1.165) is 65.5 Å². The predicted molar refractivity (Wildman–Crippen MR) is 163 cm³/mol. The van der Waals surface area contributed by atoms with E-state index in [1.165, 1.54) is 0 Å². The number of amides is 2. The lowest BCUT2D eigenvalue weighted by atomic mass is 9.94. The highest BCUT2D eigenvalue weighted by atomic mass is 16.2. The third-order valence-electron chi connectivity index (χ3n) is 9.80. The summed E-state index contributed by atoms with van der Waals surface area (Å²) < 4.78 is 1.92. The van der Waals surface area contributed by atoms with Crippen molar-refractivity contribution in [2.45, 2.75) is 97.7 Å². The second-order valence-electron chi connectivity index (χ2n) is 13.1. The zero-order valence-corrected chi connectivity index (χ0v) is 25.6. The highest BCUT2D eigenvalue weighted by Gasteiger charge is 2.66. The molecule has 1 aliphatic carbocycles. The fraction of sp³-hybridized carbons (Fsp3) is 0.529. The van der Waals surface area contributed by atoms with E-state index in [1.807, 2.05) is 30.7 Å². The fourth-order valence-electron chi connectivity index (χ4n) is 7.37. The number of Topliss-reactive ketones (excluding diaryl/α,β-unsaturated/α-hetero) is 2. The molecule has 1 saturated carbocycles. The van der Waals surface area contributed by atoms with Crippen LogP contribution in [0.3, 0.4) is 0 Å². The molecule has 2 aliphatic heterocycles. The van der Waals surface area contributed by atoms with E-state index in [4.69, 9.17) is 0 Å². The molecule has 2 bridgehead atoms. The van der Waals surface area contributed by atoms with Crippen molar-refractivity contribution < 1.29 is 19.2 Å². The zero-order chi connectivity index (χ0) is 30.5. The Bertz CT molecular complexity index is 1610. The quantitative estimate of drug-likeness (QED) is 0.441. The number of hydrogen-bond acceptors (Lipinski definition) is 6. The summed E-state index contributed by atoms with van der Waals surface area (Å²) in [6.07, 6.45) is 11.1. The molecular formula is C34H41N5O4. The van der Waals surface area contributed by atoms with E-state index >= 15 is 0 Å². The summed E-state index contributed by atoms with van der Waals surface area (Å²) in [7, 11) is 0. The minimum absolute atomic E-state index is 0.0429. The van der Waals surface area contributed by atoms with Crippen LogP contribution in [-0.4, -0.2) is 61.4 Å². The van der Waals surface area contributed by atoms with E-state index in [2.05, 4.69) is 28.3 Å². The minimum Gasteiger partial charge on any atom is -0.355 e. The molecule has 1 aromatic carbocycles. The second-order valence-corrected chi connectivity index (χ2v) is 13.1. The number of aryl methyl sites for hydroxylation is 2. The normalized spacial score (nSPS) is 26.1. The Morgan fingerprint density at radius 1 is 1.12 bits per heavy atom. The zero-order valence-electron chi connectivity index (χ0n) is 25.6. The van der Waals surface area contributed by atoms with Gasteiger partial charge < -0.3 is 14.8 Å². The third kappa shape index (κ3) is 5.50. The van der Waals surface area contributed by atoms with E-state index < -0.39 is 6.04 Å². The summed E-state index contributed by atoms with van der Waals surface area (Å²) in [6, 6.07) is 3.56. The van der Waals surface area contributed by atoms with Gasteiger partial charge >= 0.3 is 0 Å². The largest absolute Gasteiger partial charge is 0.355 e. The smallest absolute Gasteiger partial charge is 0.243 e. The van der Waals surface area contributed by atoms with Crippen LogP contribution in [0.2, 0.25) is 0 Å². The maximum absolute atomic E-state index is 14.1. The number of carbonyl (C=O) groups is 4. The molecule has 1 saturated heterocycles. The van der Waals surface area contributed by atoms with Gasteiger partial charge in [0.2, 0.25) is 11.8 Å². The van der Waals surface area contributed by atoms with Crippen molar-refractivity contribution in [2.24, 2.45) is 11.3 Å². The Balaban J connectivity index is 1.45. The van der Waals surface area contributed by atoms with Gasteiger partial charge in [-0.1, -0.05) is 26.7 Å². The van der Waals surface area contributed by atoms with Gasteiger partial charge in [-0.25, -0.2) is 0 Å². The topological polar surface area (TPSA) is 114 Å². The first-order valence-corrected chi connectivity index (χ1v) is 15.7. The van der Waals surface area contributed by atoms with Gasteiger partial charge in [0, 0.05) is 59.8 Å². The van der Waals surface area contributed by atoms with Crippen LogP contribution in [0.15, 0.2) is 30.7 Å². The van der Waals surface area contributed by atoms with Gasteiger partial charge in [0.1, 0.15) is 6.54 Å². The van der Waals surface area contributed by atoms with Crippen LogP contribution in [0.4, 0.5) is 0 Å². The molecule has 3 aliphatic rings. The van der Waals surface area contributed by atoms with Crippen LogP contribution in [0.1, 0.15) is 87.3 Å². The summed E-state index contributed by atoms with van der Waals surface area (Å²) in [5.41, 5.74) is 4.70. The van der Waals surface area contributed by atoms with Crippen molar-refractivity contribution in [1.82, 2.24) is 24.8 Å². The van der Waals surface area contributed by atoms with Crippen LogP contribution < -0.4 is 5.32 Å². The standard InChI is InChI=1S/C34H41N5O4/c1-5-29(41)28-13-34-14-30(34)39(28)32(43)18-38-17-26(22(4)40)25-12-24(27-16-35-21(3)15-36-27)11-23(33(25)38)9-7-6-8-20(2)10-31(42)37-19-34/h11-12,15-17,20,28,30H,5-10,13-14,18-19H2,1-4H3,(H,37,42)/t20-,28+,30-,34+/m1/s1. The van der Waals surface area contributed by atoms with Crippen molar-refractivity contribution in [3.05, 3.63) is 47.5 Å². The van der Waals surface area contributed by atoms with Crippen molar-refractivity contribution in [2.75, 3.05) is 6.54 Å². The second kappa shape index (κ2) is 11.3. The van der Waals surface area contributed by atoms with Gasteiger partial charge in [0.15, 0.2) is 11.6 Å². The lowest BCUT2D eigenvalue weighted by Gasteiger charge is -2.27. The summed E-state index contributed by atoms with van der Waals surface area (Å²) in [5.74, 6) is 0.165. The van der Waals surface area contributed by atoms with Gasteiger partial charge in [-0.15, -0.1) is 0 Å². The van der Waals surface area contributed by atoms with Gasteiger partial charge in [-0.2, -0.15) is 0 Å². The summed E-state index contributed by atoms with van der Waals surface area (Å²) in [5, 5.41) is 3.94. The predicted octanol–water partition coefficient (Wildman–Crippen LogP) is 4.82. The number of carbonyl (C=O) groups excluding carboxylic acids is 4. The lowest BCUT2D eigenvalue weighted by Crippen LogP contribution is -2.44. The number of hydrogen-bond donors (Lipinski definition) is 1. The Kier molecular flexibility index (Phi) is 7.69. The molecule has 6 rings (SSSR count). The molecule has 0 unspecified atom stereocenters. The first-order chi connectivity index (χ1) is 20.6. The van der Waals surface area contributed by atoms with Gasteiger partial charge in [-0.3, -0.25) is 29.1 Å². The molecule has 2 amide bonds. The maximum atomic E-state index is 14.1. The Morgan fingerprint density at radius 3 is 2.65 bits per heavy atom. The molecule has 0 radical (unpaired) electrons. The van der Waals surface area contributed by atoms with E-state index in [1.54, 1.807) is 24.2 Å². The maximum Gasteiger partial charge on any atom is 0.243 e. The number of nitrogens with one attached hydrogen (secondary N) is 1. The fourth-order valence-corrected chi connectivity index (χ4v) is 7.37. The third-order valence-corrected chi connectivity index (χ3v) is 9.80. The Hall–Kier alpha value is -3.88. The van der Waals surface area contributed by atoms with Gasteiger partial charge in [0.05, 0.1) is 29.1 Å². The Morgan fingerprint density at radius 2 is 1.93 bits per heavy atom. The molecule has 3 aromatic rings. The monoisotopic (exact) mass is 583 g/mol. The van der Waals surface area contributed by atoms with E-state index in [0.29, 0.717) is 31.4 Å². The molecule has 4 heterocycles. The SMILES string of the molecule is CCC(=O)[C@@H]1C[C@]23CNC(=O)C[C@H](C)CCCCc4cc(-c5cnc(C)cn5)cc5c(C(C)=O)cn(c45)CC(=O)N1[C@@H]2C3. The Labute approximate surface area is 252 Å². The molecule has 1 N–H and O–H groups in total. The molecular weight excluding hydrogens is 542 g/mol. The lowest BCUT2D eigenvalue weighted by molar-refractivity contribution is -0.139. The molecule has 226 valence electrons. The molecule has 4 atom stereocenters.